The van der Waals surface area contributed by atoms with Crippen LogP contribution in [0.1, 0.15) is 272 Å². The predicted octanol–water partition coefficient (Wildman–Crippen LogP) is 21.6. The number of aliphatic hydroxyl groups excluding tert-OH is 1. The van der Waals surface area contributed by atoms with Gasteiger partial charge in [-0.1, -0.05) is 394 Å². The minimum absolute atomic E-state index is 0.0226. The molecule has 25 heteroatoms. The van der Waals surface area contributed by atoms with Crippen molar-refractivity contribution in [3.05, 3.63) is 251 Å². The van der Waals surface area contributed by atoms with Gasteiger partial charge in [-0.25, -0.2) is 0 Å². The molecule has 5 aliphatic heterocycles. The van der Waals surface area contributed by atoms with Gasteiger partial charge in [0.15, 0.2) is 31.5 Å². The summed E-state index contributed by atoms with van der Waals surface area (Å²) < 4.78 is 139. The van der Waals surface area contributed by atoms with Gasteiger partial charge in [-0.3, -0.25) is 19.2 Å². The molecule has 5 fully saturated rings. The molecular formula is C114H156O25. The third-order valence-electron chi connectivity index (χ3n) is 26.2. The molecule has 7 aromatic rings. The molecule has 0 aliphatic carbocycles. The van der Waals surface area contributed by atoms with Crippen LogP contribution in [0.2, 0.25) is 0 Å². The number of hydrogen-bond donors (Lipinski definition) is 1. The Hall–Kier alpha value is -8.26. The highest BCUT2D eigenvalue weighted by molar-refractivity contribution is 5.70. The second kappa shape index (κ2) is 63.7. The van der Waals surface area contributed by atoms with E-state index in [9.17, 15) is 24.3 Å². The van der Waals surface area contributed by atoms with E-state index in [-0.39, 0.29) is 110 Å². The largest absolute Gasteiger partial charge is 0.463 e. The molecule has 139 heavy (non-hydrogen) atoms. The molecule has 7 aromatic carbocycles. The van der Waals surface area contributed by atoms with E-state index in [1.54, 1.807) is 0 Å². The van der Waals surface area contributed by atoms with E-state index < -0.39 is 142 Å². The molecule has 25 nitrogen and oxygen atoms in total. The van der Waals surface area contributed by atoms with Crippen LogP contribution in [0.3, 0.4) is 0 Å². The van der Waals surface area contributed by atoms with Crippen LogP contribution < -0.4 is 0 Å². The Balaban J connectivity index is 0.911. The minimum atomic E-state index is -1.70. The van der Waals surface area contributed by atoms with Crippen LogP contribution in [0, 0.1) is 0 Å². The van der Waals surface area contributed by atoms with Gasteiger partial charge < -0.3 is 99.8 Å². The maximum Gasteiger partial charge on any atom is 0.305 e. The maximum absolute atomic E-state index is 14.2. The van der Waals surface area contributed by atoms with E-state index >= 15 is 0 Å². The number of esters is 4. The normalized spacial score (nSPS) is 25.0. The third kappa shape index (κ3) is 38.1. The smallest absolute Gasteiger partial charge is 0.305 e. The Bertz CT molecular complexity index is 4420. The zero-order valence-electron chi connectivity index (χ0n) is 82.6. The monoisotopic (exact) mass is 1930 g/mol. The van der Waals surface area contributed by atoms with Gasteiger partial charge in [0, 0.05) is 25.7 Å². The lowest BCUT2D eigenvalue weighted by Crippen LogP contribution is -2.49. The van der Waals surface area contributed by atoms with Crippen LogP contribution in [-0.2, 0) is 160 Å². The summed E-state index contributed by atoms with van der Waals surface area (Å²) in [5.74, 6) is -1.59. The Morgan fingerprint density at radius 3 is 0.683 bits per heavy atom. The lowest BCUT2D eigenvalue weighted by Gasteiger charge is -2.33. The molecule has 0 aromatic heterocycles. The van der Waals surface area contributed by atoms with Crippen molar-refractivity contribution in [2.24, 2.45) is 0 Å². The van der Waals surface area contributed by atoms with Crippen molar-refractivity contribution in [3.8, 4) is 0 Å². The SMILES string of the molecule is CCCCCCCCCC(=O)OC[C@H]1O[C@@H](O[C@@H]2[C@@H](OC[C@H]3O[C@H](O)[C@@H](OCc4ccccc4)[C@@H]3O[C@H]3O[C@H](COC(=O)CCCCCCCCC)[C@@H](OCc4ccccc4)[C@@H]3O[C@@H]3O[C@H](COC(=O)CCCCCCCCC)[C@@H](OCc4ccccc4)[C@@H]3OCc3ccccc3)O[C@H](COC(=O)CCCCCCCCC)[C@H]2OCc2ccccc2)[C@@H](OCc2ccccc2)[C@@H]1OCc1ccccc1. The molecule has 5 heterocycles. The first-order valence-electron chi connectivity index (χ1n) is 52.1. The summed E-state index contributed by atoms with van der Waals surface area (Å²) in [5.41, 5.74) is 5.84. The number of hydrogen-bond acceptors (Lipinski definition) is 25. The van der Waals surface area contributed by atoms with E-state index in [2.05, 4.69) is 27.7 Å². The van der Waals surface area contributed by atoms with E-state index in [1.165, 1.54) is 12.8 Å². The molecule has 20 atom stereocenters. The van der Waals surface area contributed by atoms with E-state index in [0.29, 0.717) is 25.7 Å². The Morgan fingerprint density at radius 1 is 0.216 bits per heavy atom. The second-order valence-electron chi connectivity index (χ2n) is 37.4. The molecule has 5 aliphatic rings. The molecule has 762 valence electrons. The summed E-state index contributed by atoms with van der Waals surface area (Å²) in [7, 11) is 0. The summed E-state index contributed by atoms with van der Waals surface area (Å²) in [5, 5.41) is 12.8. The van der Waals surface area contributed by atoms with Gasteiger partial charge in [0.05, 0.1) is 52.9 Å². The Labute approximate surface area is 825 Å². The van der Waals surface area contributed by atoms with Crippen molar-refractivity contribution in [2.45, 2.75) is 402 Å². The maximum atomic E-state index is 14.2. The molecule has 0 bridgehead atoms. The number of carbonyl (C=O) groups is 4. The fourth-order valence-corrected chi connectivity index (χ4v) is 18.3. The number of aliphatic hydroxyl groups is 1. The van der Waals surface area contributed by atoms with Gasteiger partial charge in [-0.05, 0) is 64.6 Å². The number of ether oxygens (including phenoxy) is 20. The number of rotatable bonds is 70. The van der Waals surface area contributed by atoms with Crippen LogP contribution in [0.4, 0.5) is 0 Å². The zero-order valence-corrected chi connectivity index (χ0v) is 82.6. The van der Waals surface area contributed by atoms with E-state index in [1.807, 2.05) is 212 Å². The van der Waals surface area contributed by atoms with Crippen LogP contribution in [0.25, 0.3) is 0 Å². The molecule has 12 rings (SSSR count). The number of carbonyl (C=O) groups excluding carboxylic acids is 4. The average molecular weight is 1930 g/mol. The topological polar surface area (TPSA) is 273 Å². The van der Waals surface area contributed by atoms with Gasteiger partial charge in [0.1, 0.15) is 118 Å². The van der Waals surface area contributed by atoms with Crippen molar-refractivity contribution < 1.29 is 119 Å². The molecule has 0 unspecified atom stereocenters. The van der Waals surface area contributed by atoms with E-state index in [4.69, 9.17) is 94.7 Å². The molecule has 5 saturated heterocycles. The highest BCUT2D eigenvalue weighted by Crippen LogP contribution is 2.42. The molecular weight excluding hydrogens is 1770 g/mol. The first-order valence-corrected chi connectivity index (χ1v) is 52.1. The third-order valence-corrected chi connectivity index (χ3v) is 26.2. The molecule has 1 N–H and O–H groups in total. The molecule has 0 radical (unpaired) electrons. The number of unbranched alkanes of at least 4 members (excludes halogenated alkanes) is 24. The zero-order chi connectivity index (χ0) is 96.9. The minimum Gasteiger partial charge on any atom is -0.463 e. The quantitative estimate of drug-likeness (QED) is 0.0211. The van der Waals surface area contributed by atoms with Gasteiger partial charge >= 0.3 is 23.9 Å². The van der Waals surface area contributed by atoms with Crippen molar-refractivity contribution in [3.63, 3.8) is 0 Å². The molecule has 0 amide bonds. The van der Waals surface area contributed by atoms with Crippen LogP contribution >= 0.6 is 0 Å². The van der Waals surface area contributed by atoms with Crippen LogP contribution in [-0.4, -0.2) is 185 Å². The summed E-state index contributed by atoms with van der Waals surface area (Å²) in [6.07, 6.45) is 4.91. The van der Waals surface area contributed by atoms with Crippen molar-refractivity contribution in [2.75, 3.05) is 33.0 Å². The highest BCUT2D eigenvalue weighted by Gasteiger charge is 2.59. The van der Waals surface area contributed by atoms with E-state index in [0.717, 1.165) is 180 Å². The summed E-state index contributed by atoms with van der Waals surface area (Å²) >= 11 is 0. The van der Waals surface area contributed by atoms with Crippen molar-refractivity contribution in [1.29, 1.82) is 0 Å². The summed E-state index contributed by atoms with van der Waals surface area (Å²) in [6, 6.07) is 67.7. The van der Waals surface area contributed by atoms with Crippen LogP contribution in [0.15, 0.2) is 212 Å². The van der Waals surface area contributed by atoms with Gasteiger partial charge in [-0.15, -0.1) is 0 Å². The van der Waals surface area contributed by atoms with Crippen molar-refractivity contribution in [1.82, 2.24) is 0 Å². The van der Waals surface area contributed by atoms with Gasteiger partial charge in [-0.2, -0.15) is 0 Å². The summed E-state index contributed by atoms with van der Waals surface area (Å²) in [4.78, 5) is 56.3. The standard InChI is InChI=1S/C114H156O25/c1-5-9-13-17-21-25-50-68-96(115)120-79-91-100(124-72-84-54-36-29-37-55-84)106(129-77-89-64-46-34-47-65-89)112(134-91)138-108-102(126-74-86-58-40-31-41-59-86)93(81-122-98(117)70-52-27-23-19-15-11-7-3)133-111(108)131-83-95-104(105(110(119)132-95)128-76-88-62-44-33-45-63-88)137-114-109(103(127-75-87-60-42-32-43-61-87)94(136-114)82-123-99(118)71-53-28-24-20-16-12-8-4)139-113-107(130-78-90-66-48-35-49-67-90)101(125-73-85-56-38-30-39-57-85)92(135-113)80-121-97(116)69-51-26-22-18-14-10-6-2/h29-49,54-67,91-95,100-114,119H,5-28,50-53,68-83H2,1-4H3/t91-,92-,93-,94-,95-,100-,101-,102-,103-,104-,105+,106+,107+,108+,109+,110+,111+,112+,113+,114-/m1/s1. The predicted molar refractivity (Wildman–Crippen MR) is 526 cm³/mol. The van der Waals surface area contributed by atoms with Crippen molar-refractivity contribution >= 4 is 23.9 Å². The fourth-order valence-electron chi connectivity index (χ4n) is 18.3. The summed E-state index contributed by atoms with van der Waals surface area (Å²) in [6.45, 7) is 7.77. The van der Waals surface area contributed by atoms with Gasteiger partial charge in [0.25, 0.3) is 0 Å². The number of benzene rings is 7. The second-order valence-corrected chi connectivity index (χ2v) is 37.4. The fraction of sp³-hybridized carbons (Fsp3) is 0.596. The molecule has 0 spiro atoms. The lowest BCUT2D eigenvalue weighted by atomic mass is 10.1. The Kier molecular flexibility index (Phi) is 50.2. The lowest BCUT2D eigenvalue weighted by molar-refractivity contribution is -0.276. The van der Waals surface area contributed by atoms with Crippen LogP contribution in [0.5, 0.6) is 0 Å². The van der Waals surface area contributed by atoms with Gasteiger partial charge in [0.2, 0.25) is 0 Å². The average Bonchev–Trinajstić information content (AvgIpc) is 1.68. The molecule has 0 saturated carbocycles. The highest BCUT2D eigenvalue weighted by atomic mass is 16.8. The first kappa shape index (κ1) is 110. The Morgan fingerprint density at radius 2 is 0.417 bits per heavy atom. The first-order chi connectivity index (χ1) is 68.4.